The zero-order chi connectivity index (χ0) is 15.0. The Bertz CT molecular complexity index is 668. The number of halogens is 2. The highest BCUT2D eigenvalue weighted by molar-refractivity contribution is 8.00. The molecule has 2 aromatic rings. The molecular weight excluding hydrogens is 313 g/mol. The maximum absolute atomic E-state index is 14.1. The molecule has 1 unspecified atom stereocenters. The van der Waals surface area contributed by atoms with E-state index in [4.69, 9.17) is 16.0 Å². The van der Waals surface area contributed by atoms with Crippen molar-refractivity contribution in [1.82, 2.24) is 4.90 Å². The van der Waals surface area contributed by atoms with E-state index in [1.165, 1.54) is 17.8 Å². The lowest BCUT2D eigenvalue weighted by atomic mass is 10.2. The van der Waals surface area contributed by atoms with E-state index >= 15 is 0 Å². The number of carbonyl (C=O) groups excluding carboxylic acids is 1. The molecule has 1 saturated heterocycles. The Labute approximate surface area is 131 Å². The minimum Gasteiger partial charge on any atom is -0.464 e. The highest BCUT2D eigenvalue weighted by atomic mass is 35.5. The summed E-state index contributed by atoms with van der Waals surface area (Å²) in [7, 11) is 0. The predicted molar refractivity (Wildman–Crippen MR) is 80.6 cm³/mol. The van der Waals surface area contributed by atoms with Crippen LogP contribution >= 0.6 is 23.4 Å². The molecule has 1 aromatic carbocycles. The van der Waals surface area contributed by atoms with Crippen molar-refractivity contribution in [2.75, 3.05) is 5.75 Å². The van der Waals surface area contributed by atoms with Gasteiger partial charge in [0.2, 0.25) is 5.91 Å². The van der Waals surface area contributed by atoms with Crippen molar-refractivity contribution in [3.8, 4) is 0 Å². The van der Waals surface area contributed by atoms with E-state index in [9.17, 15) is 9.18 Å². The predicted octanol–water partition coefficient (Wildman–Crippen LogP) is 4.15. The molecule has 6 heteroatoms. The summed E-state index contributed by atoms with van der Waals surface area (Å²) in [6.07, 6.45) is 0. The molecule has 1 atom stereocenters. The average molecular weight is 326 g/mol. The highest BCUT2D eigenvalue weighted by Gasteiger charge is 2.36. The Balaban J connectivity index is 1.92. The number of carbonyl (C=O) groups is 1. The maximum Gasteiger partial charge on any atom is 0.234 e. The van der Waals surface area contributed by atoms with Crippen molar-refractivity contribution < 1.29 is 13.6 Å². The Morgan fingerprint density at radius 1 is 1.43 bits per heavy atom. The summed E-state index contributed by atoms with van der Waals surface area (Å²) in [6, 6.07) is 8.22. The number of furan rings is 1. The van der Waals surface area contributed by atoms with E-state index in [0.29, 0.717) is 28.6 Å². The van der Waals surface area contributed by atoms with Crippen molar-refractivity contribution in [3.05, 3.63) is 58.3 Å². The average Bonchev–Trinajstić information content (AvgIpc) is 2.99. The van der Waals surface area contributed by atoms with Crippen molar-refractivity contribution in [2.45, 2.75) is 18.8 Å². The second-order valence-corrected chi connectivity index (χ2v) is 6.31. The van der Waals surface area contributed by atoms with Gasteiger partial charge in [-0.15, -0.1) is 11.8 Å². The number of nitrogens with zero attached hydrogens (tertiary/aromatic N) is 1. The molecule has 1 fully saturated rings. The summed E-state index contributed by atoms with van der Waals surface area (Å²) in [4.78, 5) is 13.7. The number of amides is 1. The van der Waals surface area contributed by atoms with Gasteiger partial charge in [-0.05, 0) is 31.2 Å². The molecule has 0 bridgehead atoms. The van der Waals surface area contributed by atoms with Crippen molar-refractivity contribution in [3.63, 3.8) is 0 Å². The fourth-order valence-corrected chi connectivity index (χ4v) is 3.92. The number of hydrogen-bond acceptors (Lipinski definition) is 3. The second-order valence-electron chi connectivity index (χ2n) is 4.83. The van der Waals surface area contributed by atoms with Gasteiger partial charge in [-0.2, -0.15) is 0 Å². The van der Waals surface area contributed by atoms with Crippen LogP contribution in [0.25, 0.3) is 0 Å². The third-order valence-electron chi connectivity index (χ3n) is 3.34. The lowest BCUT2D eigenvalue weighted by molar-refractivity contribution is -0.128. The van der Waals surface area contributed by atoms with Crippen LogP contribution in [0.2, 0.25) is 5.02 Å². The third kappa shape index (κ3) is 2.80. The summed E-state index contributed by atoms with van der Waals surface area (Å²) in [5.74, 6) is 1.34. The lowest BCUT2D eigenvalue weighted by Gasteiger charge is -2.24. The Morgan fingerprint density at radius 3 is 2.90 bits per heavy atom. The summed E-state index contributed by atoms with van der Waals surface area (Å²) in [6.45, 7) is 2.16. The molecule has 110 valence electrons. The fourth-order valence-electron chi connectivity index (χ4n) is 2.35. The summed E-state index contributed by atoms with van der Waals surface area (Å²) in [5.41, 5.74) is 0.360. The number of thioether (sulfide) groups is 1. The van der Waals surface area contributed by atoms with Crippen molar-refractivity contribution in [1.29, 1.82) is 0 Å². The number of hydrogen-bond donors (Lipinski definition) is 0. The zero-order valence-electron chi connectivity index (χ0n) is 11.3. The molecule has 1 aromatic heterocycles. The molecule has 21 heavy (non-hydrogen) atoms. The van der Waals surface area contributed by atoms with Gasteiger partial charge in [-0.3, -0.25) is 4.79 Å². The first-order valence-electron chi connectivity index (χ1n) is 6.46. The van der Waals surface area contributed by atoms with E-state index in [0.717, 1.165) is 5.76 Å². The minimum atomic E-state index is -0.420. The first-order valence-corrected chi connectivity index (χ1v) is 7.89. The van der Waals surface area contributed by atoms with E-state index in [1.807, 2.05) is 19.1 Å². The van der Waals surface area contributed by atoms with Gasteiger partial charge in [-0.1, -0.05) is 17.7 Å². The zero-order valence-corrected chi connectivity index (χ0v) is 12.9. The van der Waals surface area contributed by atoms with E-state index in [1.54, 1.807) is 17.0 Å². The Hall–Kier alpha value is -1.46. The molecule has 0 saturated carbocycles. The summed E-state index contributed by atoms with van der Waals surface area (Å²) < 4.78 is 19.6. The van der Waals surface area contributed by atoms with E-state index in [-0.39, 0.29) is 5.91 Å². The van der Waals surface area contributed by atoms with E-state index < -0.39 is 11.2 Å². The first-order chi connectivity index (χ1) is 10.1. The molecule has 0 spiro atoms. The largest absolute Gasteiger partial charge is 0.464 e. The number of benzene rings is 1. The van der Waals surface area contributed by atoms with Gasteiger partial charge >= 0.3 is 0 Å². The van der Waals surface area contributed by atoms with Gasteiger partial charge < -0.3 is 9.32 Å². The van der Waals surface area contributed by atoms with Gasteiger partial charge in [0.1, 0.15) is 22.7 Å². The smallest absolute Gasteiger partial charge is 0.234 e. The minimum absolute atomic E-state index is 0.0432. The van der Waals surface area contributed by atoms with Crippen LogP contribution in [0.4, 0.5) is 4.39 Å². The van der Waals surface area contributed by atoms with Crippen LogP contribution in [0.1, 0.15) is 22.5 Å². The maximum atomic E-state index is 14.1. The van der Waals surface area contributed by atoms with Crippen molar-refractivity contribution in [2.24, 2.45) is 0 Å². The normalized spacial score (nSPS) is 18.5. The molecular formula is C15H13ClFNO2S. The van der Waals surface area contributed by atoms with Crippen LogP contribution in [0.3, 0.4) is 0 Å². The molecule has 0 N–H and O–H groups in total. The van der Waals surface area contributed by atoms with Crippen molar-refractivity contribution >= 4 is 29.3 Å². The van der Waals surface area contributed by atoms with Crippen LogP contribution in [0, 0.1) is 12.7 Å². The molecule has 1 amide bonds. The topological polar surface area (TPSA) is 33.5 Å². The number of rotatable bonds is 3. The lowest BCUT2D eigenvalue weighted by Crippen LogP contribution is -2.28. The standard InChI is InChI=1S/C15H13ClFNO2S/c1-9-5-6-10(20-9)7-18-13(19)8-21-15(18)14-11(16)3-2-4-12(14)17/h2-6,15H,7-8H2,1H3. The van der Waals surface area contributed by atoms with Crippen LogP contribution in [0.15, 0.2) is 34.7 Å². The van der Waals surface area contributed by atoms with Gasteiger partial charge in [0.15, 0.2) is 0 Å². The molecule has 1 aliphatic rings. The molecule has 0 radical (unpaired) electrons. The molecule has 3 nitrogen and oxygen atoms in total. The fraction of sp³-hybridized carbons (Fsp3) is 0.267. The first kappa shape index (κ1) is 14.5. The summed E-state index contributed by atoms with van der Waals surface area (Å²) >= 11 is 7.49. The highest BCUT2D eigenvalue weighted by Crippen LogP contribution is 2.43. The van der Waals surface area contributed by atoms with E-state index in [2.05, 4.69) is 0 Å². The molecule has 0 aliphatic carbocycles. The SMILES string of the molecule is Cc1ccc(CN2C(=O)CSC2c2c(F)cccc2Cl)o1. The van der Waals surface area contributed by atoms with Crippen LogP contribution in [-0.2, 0) is 11.3 Å². The van der Waals surface area contributed by atoms with Gasteiger partial charge in [0.05, 0.1) is 12.3 Å². The molecule has 2 heterocycles. The van der Waals surface area contributed by atoms with Crippen LogP contribution in [0.5, 0.6) is 0 Å². The quantitative estimate of drug-likeness (QED) is 0.849. The number of aryl methyl sites for hydroxylation is 1. The van der Waals surface area contributed by atoms with Gasteiger partial charge in [0, 0.05) is 10.6 Å². The van der Waals surface area contributed by atoms with Crippen LogP contribution < -0.4 is 0 Å². The molecule has 3 rings (SSSR count). The summed E-state index contributed by atoms with van der Waals surface area (Å²) in [5, 5.41) is -0.0839. The monoisotopic (exact) mass is 325 g/mol. The van der Waals surface area contributed by atoms with Gasteiger partial charge in [-0.25, -0.2) is 4.39 Å². The second kappa shape index (κ2) is 5.73. The Morgan fingerprint density at radius 2 is 2.24 bits per heavy atom. The third-order valence-corrected chi connectivity index (χ3v) is 4.89. The van der Waals surface area contributed by atoms with Crippen LogP contribution in [-0.4, -0.2) is 16.6 Å². The Kier molecular flexibility index (Phi) is 3.95. The molecule has 1 aliphatic heterocycles. The van der Waals surface area contributed by atoms with Gasteiger partial charge in [0.25, 0.3) is 0 Å².